The average molecular weight is 527 g/mol. The van der Waals surface area contributed by atoms with Gasteiger partial charge in [-0.15, -0.1) is 5.10 Å². The molecule has 2 aromatic carbocycles. The lowest BCUT2D eigenvalue weighted by Crippen LogP contribution is -2.47. The molecule has 3 heterocycles. The number of rotatable bonds is 7. The minimum atomic E-state index is -4.56. The minimum absolute atomic E-state index is 0.0213. The summed E-state index contributed by atoms with van der Waals surface area (Å²) in [6.07, 6.45) is -1.47. The van der Waals surface area contributed by atoms with Crippen LogP contribution in [0.2, 0.25) is 0 Å². The molecule has 1 aromatic heterocycles. The maximum absolute atomic E-state index is 14.1. The third-order valence-electron chi connectivity index (χ3n) is 8.19. The number of alkyl halides is 3. The fourth-order valence-corrected chi connectivity index (χ4v) is 5.70. The summed E-state index contributed by atoms with van der Waals surface area (Å²) in [6, 6.07) is 10.2. The molecule has 2 aliphatic heterocycles. The molecule has 1 amide bonds. The van der Waals surface area contributed by atoms with Gasteiger partial charge in [-0.1, -0.05) is 12.1 Å². The molecule has 2 fully saturated rings. The van der Waals surface area contributed by atoms with Crippen LogP contribution in [0.5, 0.6) is 0 Å². The van der Waals surface area contributed by atoms with Crippen molar-refractivity contribution in [1.29, 1.82) is 0 Å². The standard InChI is InChI=1S/C27H29F3N6O2/c1-26(7-4-8-26)31-12-16-9-20-21(22(10-16)27(28,29)30)13-36(25(20)37)19-6-3-5-17(11-19)23(18-14-38-15-18)24-32-33-34-35(24)2/h3,5-6,9-11,18,23,31H,4,7-8,12-15H2,1-2H3. The van der Waals surface area contributed by atoms with Crippen molar-refractivity contribution in [2.75, 3.05) is 18.1 Å². The highest BCUT2D eigenvalue weighted by molar-refractivity contribution is 6.10. The number of nitrogens with zero attached hydrogens (tertiary/aromatic N) is 5. The highest BCUT2D eigenvalue weighted by Crippen LogP contribution is 2.41. The number of carbonyl (C=O) groups excluding carboxylic acids is 1. The molecule has 1 saturated heterocycles. The number of anilines is 1. The van der Waals surface area contributed by atoms with Gasteiger partial charge in [-0.3, -0.25) is 4.79 Å². The van der Waals surface area contributed by atoms with E-state index in [0.717, 1.165) is 24.8 Å². The normalized spacial score (nSPS) is 19.7. The molecule has 6 rings (SSSR count). The van der Waals surface area contributed by atoms with Crippen molar-refractivity contribution in [3.05, 3.63) is 70.0 Å². The van der Waals surface area contributed by atoms with E-state index < -0.39 is 17.6 Å². The molecule has 200 valence electrons. The van der Waals surface area contributed by atoms with Crippen molar-refractivity contribution < 1.29 is 22.7 Å². The molecule has 3 aliphatic rings. The number of carbonyl (C=O) groups is 1. The highest BCUT2D eigenvalue weighted by Gasteiger charge is 2.41. The van der Waals surface area contributed by atoms with Crippen LogP contribution in [0.4, 0.5) is 18.9 Å². The maximum Gasteiger partial charge on any atom is 0.416 e. The zero-order valence-electron chi connectivity index (χ0n) is 21.3. The van der Waals surface area contributed by atoms with E-state index in [9.17, 15) is 18.0 Å². The van der Waals surface area contributed by atoms with Crippen LogP contribution in [0, 0.1) is 5.92 Å². The van der Waals surface area contributed by atoms with Crippen molar-refractivity contribution in [2.24, 2.45) is 13.0 Å². The number of aryl methyl sites for hydroxylation is 1. The van der Waals surface area contributed by atoms with Crippen molar-refractivity contribution in [3.63, 3.8) is 0 Å². The molecule has 0 bridgehead atoms. The van der Waals surface area contributed by atoms with E-state index in [-0.39, 0.29) is 41.6 Å². The predicted octanol–water partition coefficient (Wildman–Crippen LogP) is 4.20. The number of tetrazole rings is 1. The van der Waals surface area contributed by atoms with Gasteiger partial charge in [0.25, 0.3) is 5.91 Å². The van der Waals surface area contributed by atoms with Gasteiger partial charge in [0.05, 0.1) is 31.2 Å². The Hall–Kier alpha value is -3.31. The molecule has 11 heteroatoms. The Kier molecular flexibility index (Phi) is 6.03. The molecule has 0 radical (unpaired) electrons. The second kappa shape index (κ2) is 9.16. The largest absolute Gasteiger partial charge is 0.416 e. The summed E-state index contributed by atoms with van der Waals surface area (Å²) in [4.78, 5) is 15.0. The van der Waals surface area contributed by atoms with Gasteiger partial charge in [0, 0.05) is 36.3 Å². The zero-order chi connectivity index (χ0) is 26.7. The first-order valence-electron chi connectivity index (χ1n) is 12.8. The summed E-state index contributed by atoms with van der Waals surface area (Å²) in [6.45, 7) is 3.34. The van der Waals surface area contributed by atoms with Gasteiger partial charge >= 0.3 is 6.18 Å². The summed E-state index contributed by atoms with van der Waals surface area (Å²) in [5.41, 5.74) is 1.22. The number of hydrogen-bond donors (Lipinski definition) is 1. The first-order chi connectivity index (χ1) is 18.1. The highest BCUT2D eigenvalue weighted by atomic mass is 19.4. The van der Waals surface area contributed by atoms with Gasteiger partial charge in [-0.2, -0.15) is 13.2 Å². The fraction of sp³-hybridized carbons (Fsp3) is 0.481. The SMILES string of the molecule is Cn1nnnc1C(c1cccc(N2Cc3c(cc(CNC4(C)CCC4)cc3C(F)(F)F)C2=O)c1)C1COC1. The van der Waals surface area contributed by atoms with Crippen molar-refractivity contribution >= 4 is 11.6 Å². The van der Waals surface area contributed by atoms with E-state index >= 15 is 0 Å². The van der Waals surface area contributed by atoms with Crippen LogP contribution >= 0.6 is 0 Å². The molecule has 0 spiro atoms. The third-order valence-corrected chi connectivity index (χ3v) is 8.19. The monoisotopic (exact) mass is 526 g/mol. The van der Waals surface area contributed by atoms with Gasteiger partial charge in [0.1, 0.15) is 0 Å². The van der Waals surface area contributed by atoms with E-state index in [4.69, 9.17) is 4.74 Å². The number of halogens is 3. The number of fused-ring (bicyclic) bond motifs is 1. The van der Waals surface area contributed by atoms with Gasteiger partial charge in [0.15, 0.2) is 5.82 Å². The Bertz CT molecular complexity index is 1380. The number of nitrogens with one attached hydrogen (secondary N) is 1. The van der Waals surface area contributed by atoms with E-state index in [1.807, 2.05) is 18.2 Å². The Morgan fingerprint density at radius 1 is 1.21 bits per heavy atom. The molecular weight excluding hydrogens is 497 g/mol. The molecule has 1 atom stereocenters. The summed E-state index contributed by atoms with van der Waals surface area (Å²) in [7, 11) is 1.77. The number of benzene rings is 2. The average Bonchev–Trinajstić information content (AvgIpc) is 3.40. The summed E-state index contributed by atoms with van der Waals surface area (Å²) in [5, 5.41) is 15.3. The number of hydrogen-bond acceptors (Lipinski definition) is 6. The lowest BCUT2D eigenvalue weighted by molar-refractivity contribution is -0.138. The Balaban J connectivity index is 1.33. The Morgan fingerprint density at radius 2 is 2.00 bits per heavy atom. The first-order valence-corrected chi connectivity index (χ1v) is 12.8. The fourth-order valence-electron chi connectivity index (χ4n) is 5.70. The quantitative estimate of drug-likeness (QED) is 0.497. The lowest BCUT2D eigenvalue weighted by atomic mass is 9.78. The van der Waals surface area contributed by atoms with Crippen LogP contribution in [0.15, 0.2) is 36.4 Å². The Labute approximate surface area is 218 Å². The van der Waals surface area contributed by atoms with Crippen LogP contribution in [-0.2, 0) is 31.1 Å². The zero-order valence-corrected chi connectivity index (χ0v) is 21.3. The number of ether oxygens (including phenoxy) is 1. The molecule has 1 aliphatic carbocycles. The third kappa shape index (κ3) is 4.37. The van der Waals surface area contributed by atoms with Crippen LogP contribution in [0.1, 0.15) is 70.5 Å². The predicted molar refractivity (Wildman–Crippen MR) is 132 cm³/mol. The van der Waals surface area contributed by atoms with Crippen LogP contribution < -0.4 is 10.2 Å². The van der Waals surface area contributed by atoms with E-state index in [2.05, 4.69) is 27.8 Å². The van der Waals surface area contributed by atoms with E-state index in [0.29, 0.717) is 30.3 Å². The second-order valence-electron chi connectivity index (χ2n) is 10.9. The maximum atomic E-state index is 14.1. The van der Waals surface area contributed by atoms with Crippen LogP contribution in [0.3, 0.4) is 0 Å². The first kappa shape index (κ1) is 25.0. The second-order valence-corrected chi connectivity index (χ2v) is 10.9. The summed E-state index contributed by atoms with van der Waals surface area (Å²) in [5.74, 6) is 0.234. The van der Waals surface area contributed by atoms with Gasteiger partial charge in [-0.05, 0) is 77.6 Å². The summed E-state index contributed by atoms with van der Waals surface area (Å²) < 4.78 is 49.5. The minimum Gasteiger partial charge on any atom is -0.381 e. The van der Waals surface area contributed by atoms with Crippen molar-refractivity contribution in [1.82, 2.24) is 25.5 Å². The van der Waals surface area contributed by atoms with E-state index in [1.54, 1.807) is 23.9 Å². The lowest BCUT2D eigenvalue weighted by Gasteiger charge is -2.39. The van der Waals surface area contributed by atoms with Gasteiger partial charge < -0.3 is 15.0 Å². The van der Waals surface area contributed by atoms with Crippen molar-refractivity contribution in [3.8, 4) is 0 Å². The Morgan fingerprint density at radius 3 is 2.61 bits per heavy atom. The number of aromatic nitrogens is 4. The molecule has 3 aromatic rings. The smallest absolute Gasteiger partial charge is 0.381 e. The molecule has 1 unspecified atom stereocenters. The van der Waals surface area contributed by atoms with E-state index in [1.165, 1.54) is 11.0 Å². The van der Waals surface area contributed by atoms with Crippen molar-refractivity contribution in [2.45, 2.75) is 56.9 Å². The molecule has 8 nitrogen and oxygen atoms in total. The number of amides is 1. The molecule has 1 N–H and O–H groups in total. The molecular formula is C27H29F3N6O2. The van der Waals surface area contributed by atoms with Crippen LogP contribution in [-0.4, -0.2) is 44.9 Å². The molecule has 1 saturated carbocycles. The van der Waals surface area contributed by atoms with Gasteiger partial charge in [0.2, 0.25) is 0 Å². The topological polar surface area (TPSA) is 85.2 Å². The van der Waals surface area contributed by atoms with Crippen LogP contribution in [0.25, 0.3) is 0 Å². The summed E-state index contributed by atoms with van der Waals surface area (Å²) >= 11 is 0. The molecule has 38 heavy (non-hydrogen) atoms. The van der Waals surface area contributed by atoms with Gasteiger partial charge in [-0.25, -0.2) is 4.68 Å².